The molecule has 3 fully saturated rings. The number of benzene rings is 2. The van der Waals surface area contributed by atoms with Crippen LogP contribution in [0.4, 0.5) is 25.8 Å². The smallest absolute Gasteiger partial charge is 0.167 e. The standard InChI is InChI=1S/C32H37F2N7/c1-35-26-6-4-22(20-24(26)33)30-38-29-28(40-18-11-32(12-19-40)9-14-36-15-10-32)8-13-37-31(29)41(30)27-7-5-23(21-25(27)34)39-16-2-3-17-39/h4-8,13,20-21,35-36H,2-3,9-12,14-19H2,1H3. The SMILES string of the molecule is CNc1ccc(-c2nc3c(N4CCC5(CCNCC5)CC4)ccnc3n2-c2ccc(N3CCCC3)cc2F)cc1F. The number of fused-ring (bicyclic) bond motifs is 1. The second-order valence-electron chi connectivity index (χ2n) is 11.8. The van der Waals surface area contributed by atoms with Gasteiger partial charge >= 0.3 is 0 Å². The highest BCUT2D eigenvalue weighted by atomic mass is 19.1. The molecule has 3 aliphatic rings. The normalized spacial score (nSPS) is 18.9. The fourth-order valence-corrected chi connectivity index (χ4v) is 7.02. The van der Waals surface area contributed by atoms with Gasteiger partial charge in [0.2, 0.25) is 0 Å². The first-order valence-electron chi connectivity index (χ1n) is 14.9. The lowest BCUT2D eigenvalue weighted by molar-refractivity contribution is 0.155. The van der Waals surface area contributed by atoms with E-state index in [0.29, 0.717) is 39.3 Å². The van der Waals surface area contributed by atoms with Gasteiger partial charge < -0.3 is 20.4 Å². The zero-order valence-electron chi connectivity index (χ0n) is 23.6. The van der Waals surface area contributed by atoms with E-state index < -0.39 is 0 Å². The highest BCUT2D eigenvalue weighted by Gasteiger charge is 2.36. The quantitative estimate of drug-likeness (QED) is 0.315. The first-order chi connectivity index (χ1) is 20.0. The molecule has 2 N–H and O–H groups in total. The molecular weight excluding hydrogens is 520 g/mol. The molecule has 4 aromatic rings. The molecule has 41 heavy (non-hydrogen) atoms. The van der Waals surface area contributed by atoms with E-state index in [-0.39, 0.29) is 11.6 Å². The molecule has 0 atom stereocenters. The van der Waals surface area contributed by atoms with Gasteiger partial charge in [-0.25, -0.2) is 18.7 Å². The minimum Gasteiger partial charge on any atom is -0.386 e. The molecule has 2 aromatic carbocycles. The first kappa shape index (κ1) is 26.2. The van der Waals surface area contributed by atoms with Crippen LogP contribution in [-0.4, -0.2) is 60.9 Å². The van der Waals surface area contributed by atoms with Crippen LogP contribution >= 0.6 is 0 Å². The van der Waals surface area contributed by atoms with Crippen molar-refractivity contribution in [3.8, 4) is 17.1 Å². The Balaban J connectivity index is 1.33. The zero-order valence-corrected chi connectivity index (χ0v) is 23.6. The van der Waals surface area contributed by atoms with E-state index in [1.165, 1.54) is 18.9 Å². The van der Waals surface area contributed by atoms with Crippen molar-refractivity contribution in [1.29, 1.82) is 0 Å². The van der Waals surface area contributed by atoms with Crippen molar-refractivity contribution in [2.45, 2.75) is 38.5 Å². The van der Waals surface area contributed by atoms with Crippen molar-refractivity contribution in [2.75, 3.05) is 61.4 Å². The molecule has 2 aromatic heterocycles. The average molecular weight is 558 g/mol. The molecular formula is C32H37F2N7. The van der Waals surface area contributed by atoms with E-state index in [0.717, 1.165) is 76.3 Å². The largest absolute Gasteiger partial charge is 0.386 e. The Labute approximate surface area is 239 Å². The van der Waals surface area contributed by atoms with Gasteiger partial charge in [0.15, 0.2) is 5.65 Å². The van der Waals surface area contributed by atoms with Crippen molar-refractivity contribution in [3.05, 3.63) is 60.3 Å². The second kappa shape index (κ2) is 10.6. The summed E-state index contributed by atoms with van der Waals surface area (Å²) in [5.74, 6) is -0.258. The topological polar surface area (TPSA) is 61.3 Å². The van der Waals surface area contributed by atoms with E-state index in [4.69, 9.17) is 9.97 Å². The number of aromatic nitrogens is 3. The molecule has 3 saturated heterocycles. The number of pyridine rings is 1. The first-order valence-corrected chi connectivity index (χ1v) is 14.9. The van der Waals surface area contributed by atoms with Gasteiger partial charge in [-0.15, -0.1) is 0 Å². The summed E-state index contributed by atoms with van der Waals surface area (Å²) in [6.07, 6.45) is 8.78. The van der Waals surface area contributed by atoms with E-state index in [9.17, 15) is 4.39 Å². The molecule has 0 bridgehead atoms. The molecule has 214 valence electrons. The summed E-state index contributed by atoms with van der Waals surface area (Å²) in [6.45, 7) is 5.97. The predicted octanol–water partition coefficient (Wildman–Crippen LogP) is 5.98. The highest BCUT2D eigenvalue weighted by Crippen LogP contribution is 2.42. The van der Waals surface area contributed by atoms with Crippen LogP contribution in [0.2, 0.25) is 0 Å². The summed E-state index contributed by atoms with van der Waals surface area (Å²) >= 11 is 0. The maximum atomic E-state index is 15.9. The van der Waals surface area contributed by atoms with E-state index >= 15 is 4.39 Å². The highest BCUT2D eigenvalue weighted by molar-refractivity contribution is 5.91. The molecule has 7 nitrogen and oxygen atoms in total. The molecule has 0 unspecified atom stereocenters. The van der Waals surface area contributed by atoms with Crippen LogP contribution in [0.3, 0.4) is 0 Å². The maximum absolute atomic E-state index is 15.9. The van der Waals surface area contributed by atoms with Crippen LogP contribution in [0.25, 0.3) is 28.2 Å². The summed E-state index contributed by atoms with van der Waals surface area (Å²) in [5.41, 5.74) is 4.92. The Hall–Kier alpha value is -3.72. The number of imidazole rings is 1. The van der Waals surface area contributed by atoms with Crippen molar-refractivity contribution in [2.24, 2.45) is 5.41 Å². The molecule has 5 heterocycles. The average Bonchev–Trinajstić information content (AvgIpc) is 3.67. The number of piperidine rings is 2. The van der Waals surface area contributed by atoms with E-state index in [1.807, 2.05) is 24.3 Å². The monoisotopic (exact) mass is 557 g/mol. The van der Waals surface area contributed by atoms with Gasteiger partial charge in [0, 0.05) is 50.7 Å². The number of nitrogens with zero attached hydrogens (tertiary/aromatic N) is 5. The summed E-state index contributed by atoms with van der Waals surface area (Å²) in [5, 5.41) is 6.38. The van der Waals surface area contributed by atoms with Gasteiger partial charge in [0.25, 0.3) is 0 Å². The minimum atomic E-state index is -0.384. The number of anilines is 3. The Morgan fingerprint density at radius 2 is 1.61 bits per heavy atom. The van der Waals surface area contributed by atoms with Gasteiger partial charge in [-0.3, -0.25) is 4.57 Å². The zero-order chi connectivity index (χ0) is 28.0. The van der Waals surface area contributed by atoms with Gasteiger partial charge in [-0.1, -0.05) is 0 Å². The van der Waals surface area contributed by atoms with E-state index in [2.05, 4.69) is 20.4 Å². The minimum absolute atomic E-state index is 0.347. The lowest BCUT2D eigenvalue weighted by Crippen LogP contribution is -2.45. The lowest BCUT2D eigenvalue weighted by Gasteiger charge is -2.45. The van der Waals surface area contributed by atoms with Crippen molar-refractivity contribution < 1.29 is 8.78 Å². The van der Waals surface area contributed by atoms with Gasteiger partial charge in [-0.05, 0) is 99.5 Å². The summed E-state index contributed by atoms with van der Waals surface area (Å²) < 4.78 is 32.7. The Bertz CT molecular complexity index is 1560. The fraction of sp³-hybridized carbons (Fsp3) is 0.438. The van der Waals surface area contributed by atoms with Crippen LogP contribution in [0.15, 0.2) is 48.7 Å². The van der Waals surface area contributed by atoms with Crippen LogP contribution in [-0.2, 0) is 0 Å². The third-order valence-electron chi connectivity index (χ3n) is 9.49. The van der Waals surface area contributed by atoms with Gasteiger partial charge in [-0.2, -0.15) is 0 Å². The van der Waals surface area contributed by atoms with Gasteiger partial charge in [0.05, 0.1) is 17.1 Å². The molecule has 0 radical (unpaired) electrons. The number of nitrogens with one attached hydrogen (secondary N) is 2. The fourth-order valence-electron chi connectivity index (χ4n) is 7.02. The molecule has 9 heteroatoms. The van der Waals surface area contributed by atoms with Crippen LogP contribution in [0.1, 0.15) is 38.5 Å². The van der Waals surface area contributed by atoms with Crippen molar-refractivity contribution >= 4 is 28.2 Å². The lowest BCUT2D eigenvalue weighted by atomic mass is 9.71. The Kier molecular flexibility index (Phi) is 6.77. The predicted molar refractivity (Wildman–Crippen MR) is 161 cm³/mol. The summed E-state index contributed by atoms with van der Waals surface area (Å²) in [6, 6.07) is 12.4. The molecule has 1 spiro atoms. The number of hydrogen-bond donors (Lipinski definition) is 2. The molecule has 0 amide bonds. The second-order valence-corrected chi connectivity index (χ2v) is 11.8. The van der Waals surface area contributed by atoms with Crippen LogP contribution in [0, 0.1) is 17.0 Å². The maximum Gasteiger partial charge on any atom is 0.167 e. The van der Waals surface area contributed by atoms with Gasteiger partial charge in [0.1, 0.15) is 23.0 Å². The summed E-state index contributed by atoms with van der Waals surface area (Å²) in [4.78, 5) is 14.4. The molecule has 3 aliphatic heterocycles. The third-order valence-corrected chi connectivity index (χ3v) is 9.49. The Morgan fingerprint density at radius 3 is 2.32 bits per heavy atom. The number of rotatable bonds is 5. The van der Waals surface area contributed by atoms with E-state index in [1.54, 1.807) is 29.9 Å². The molecule has 7 rings (SSSR count). The Morgan fingerprint density at radius 1 is 0.829 bits per heavy atom. The van der Waals surface area contributed by atoms with Crippen molar-refractivity contribution in [1.82, 2.24) is 19.9 Å². The molecule has 0 saturated carbocycles. The van der Waals surface area contributed by atoms with Crippen LogP contribution < -0.4 is 20.4 Å². The summed E-state index contributed by atoms with van der Waals surface area (Å²) in [7, 11) is 1.69. The van der Waals surface area contributed by atoms with Crippen molar-refractivity contribution in [3.63, 3.8) is 0 Å². The number of hydrogen-bond acceptors (Lipinski definition) is 6. The van der Waals surface area contributed by atoms with Crippen LogP contribution in [0.5, 0.6) is 0 Å². The third kappa shape index (κ3) is 4.70. The molecule has 0 aliphatic carbocycles. The number of halogens is 2.